The predicted molar refractivity (Wildman–Crippen MR) is 158 cm³/mol. The summed E-state index contributed by atoms with van der Waals surface area (Å²) in [5.74, 6) is -0.182. The lowest BCUT2D eigenvalue weighted by Crippen LogP contribution is -2.15. The third-order valence-electron chi connectivity index (χ3n) is 6.21. The fourth-order valence-corrected chi connectivity index (χ4v) is 5.71. The minimum absolute atomic E-state index is 0.0406. The van der Waals surface area contributed by atoms with Gasteiger partial charge < -0.3 is 15.0 Å². The Morgan fingerprint density at radius 2 is 1.54 bits per heavy atom. The minimum atomic E-state index is -3.65. The summed E-state index contributed by atoms with van der Waals surface area (Å²) in [7, 11) is 0.394. The van der Waals surface area contributed by atoms with E-state index in [-0.39, 0.29) is 11.6 Å². The second-order valence-corrected chi connectivity index (χ2v) is 11.4. The normalized spacial score (nSPS) is 12.2. The molecule has 7 nitrogen and oxygen atoms in total. The third kappa shape index (κ3) is 6.37. The summed E-state index contributed by atoms with van der Waals surface area (Å²) in [6.45, 7) is 0.821. The third-order valence-corrected chi connectivity index (χ3v) is 7.47. The molecular weight excluding hydrogens is 508 g/mol. The van der Waals surface area contributed by atoms with Gasteiger partial charge in [0.2, 0.25) is 10.0 Å². The van der Waals surface area contributed by atoms with Crippen LogP contribution in [0, 0.1) is 0 Å². The highest BCUT2D eigenvalue weighted by Crippen LogP contribution is 2.33. The van der Waals surface area contributed by atoms with Gasteiger partial charge in [0.15, 0.2) is 5.88 Å². The molecule has 0 radical (unpaired) electrons. The lowest BCUT2D eigenvalue weighted by Gasteiger charge is -2.11. The van der Waals surface area contributed by atoms with Gasteiger partial charge in [-0.15, -0.1) is 0 Å². The molecule has 4 aromatic carbocycles. The summed E-state index contributed by atoms with van der Waals surface area (Å²) in [5, 5.41) is 11.7. The Morgan fingerprint density at radius 1 is 0.872 bits per heavy atom. The SMILES string of the molecule is CN(C)Cc1ccc(N=C(c2ccccc2)c2c(O)[nH]c3ccc(NS(=O)(=O)Cc4ccccc4)cc23)cc1. The highest BCUT2D eigenvalue weighted by atomic mass is 32.2. The van der Waals surface area contributed by atoms with Gasteiger partial charge in [0, 0.05) is 28.7 Å². The maximum Gasteiger partial charge on any atom is 0.236 e. The van der Waals surface area contributed by atoms with E-state index in [2.05, 4.69) is 14.6 Å². The highest BCUT2D eigenvalue weighted by molar-refractivity contribution is 7.91. The number of fused-ring (bicyclic) bond motifs is 1. The van der Waals surface area contributed by atoms with E-state index in [0.29, 0.717) is 33.4 Å². The number of H-pyrrole nitrogens is 1. The summed E-state index contributed by atoms with van der Waals surface area (Å²) < 4.78 is 28.5. The van der Waals surface area contributed by atoms with Crippen LogP contribution >= 0.6 is 0 Å². The molecule has 5 rings (SSSR count). The van der Waals surface area contributed by atoms with Crippen molar-refractivity contribution >= 4 is 38.0 Å². The lowest BCUT2D eigenvalue weighted by atomic mass is 10.0. The molecule has 8 heteroatoms. The molecule has 5 aromatic rings. The van der Waals surface area contributed by atoms with Crippen LogP contribution in [0.1, 0.15) is 22.3 Å². The molecule has 0 fully saturated rings. The topological polar surface area (TPSA) is 97.8 Å². The van der Waals surface area contributed by atoms with E-state index < -0.39 is 10.0 Å². The van der Waals surface area contributed by atoms with Gasteiger partial charge >= 0.3 is 0 Å². The number of benzene rings is 4. The Hall–Kier alpha value is -4.40. The van der Waals surface area contributed by atoms with Gasteiger partial charge in [-0.3, -0.25) is 4.72 Å². The van der Waals surface area contributed by atoms with Crippen molar-refractivity contribution in [3.05, 3.63) is 125 Å². The summed E-state index contributed by atoms with van der Waals surface area (Å²) in [5.41, 5.74) is 5.56. The molecule has 1 aromatic heterocycles. The Kier molecular flexibility index (Phi) is 7.49. The first kappa shape index (κ1) is 26.2. The zero-order chi connectivity index (χ0) is 27.4. The van der Waals surface area contributed by atoms with Gasteiger partial charge in [-0.2, -0.15) is 0 Å². The number of hydrogen-bond acceptors (Lipinski definition) is 5. The van der Waals surface area contributed by atoms with Crippen LogP contribution in [0.2, 0.25) is 0 Å². The van der Waals surface area contributed by atoms with E-state index in [4.69, 9.17) is 4.99 Å². The van der Waals surface area contributed by atoms with Crippen molar-refractivity contribution < 1.29 is 13.5 Å². The molecule has 0 aliphatic carbocycles. The van der Waals surface area contributed by atoms with E-state index in [1.54, 1.807) is 30.3 Å². The maximum absolute atomic E-state index is 12.9. The Labute approximate surface area is 228 Å². The zero-order valence-electron chi connectivity index (χ0n) is 21.8. The van der Waals surface area contributed by atoms with Gasteiger partial charge in [-0.1, -0.05) is 72.8 Å². The number of rotatable bonds is 9. The average molecular weight is 539 g/mol. The van der Waals surface area contributed by atoms with Crippen LogP contribution < -0.4 is 4.72 Å². The highest BCUT2D eigenvalue weighted by Gasteiger charge is 2.20. The summed E-state index contributed by atoms with van der Waals surface area (Å²) in [6, 6.07) is 31.8. The van der Waals surface area contributed by atoms with Crippen molar-refractivity contribution in [2.24, 2.45) is 4.99 Å². The number of nitrogens with zero attached hydrogens (tertiary/aromatic N) is 2. The van der Waals surface area contributed by atoms with Crippen LogP contribution in [-0.4, -0.2) is 43.2 Å². The number of aromatic nitrogens is 1. The second-order valence-electron chi connectivity index (χ2n) is 9.69. The van der Waals surface area contributed by atoms with Crippen molar-refractivity contribution in [3.63, 3.8) is 0 Å². The molecule has 198 valence electrons. The molecular formula is C31H30N4O3S. The number of aromatic hydroxyl groups is 1. The average Bonchev–Trinajstić information content (AvgIpc) is 3.23. The van der Waals surface area contributed by atoms with Crippen molar-refractivity contribution in [2.75, 3.05) is 18.8 Å². The number of sulfonamides is 1. The molecule has 0 aliphatic heterocycles. The zero-order valence-corrected chi connectivity index (χ0v) is 22.6. The Morgan fingerprint density at radius 3 is 2.21 bits per heavy atom. The molecule has 0 saturated heterocycles. The number of aromatic amines is 1. The first-order valence-corrected chi connectivity index (χ1v) is 14.2. The lowest BCUT2D eigenvalue weighted by molar-refractivity contribution is 0.402. The molecule has 1 heterocycles. The molecule has 0 bridgehead atoms. The van der Waals surface area contributed by atoms with Crippen molar-refractivity contribution in [3.8, 4) is 5.88 Å². The second kappa shape index (κ2) is 11.1. The van der Waals surface area contributed by atoms with Gasteiger partial charge in [0.1, 0.15) is 0 Å². The standard InChI is InChI=1S/C31H30N4O3S/c1-35(2)20-22-13-15-25(16-14-22)32-30(24-11-7-4-8-12-24)29-27-19-26(17-18-28(27)33-31(29)36)34-39(37,38)21-23-9-5-3-6-10-23/h3-19,33-34,36H,20-21H2,1-2H3. The van der Waals surface area contributed by atoms with Gasteiger partial charge in [-0.05, 0) is 55.6 Å². The molecule has 0 spiro atoms. The summed E-state index contributed by atoms with van der Waals surface area (Å²) in [4.78, 5) is 10.1. The van der Waals surface area contributed by atoms with Crippen LogP contribution in [0.4, 0.5) is 11.4 Å². The predicted octanol–water partition coefficient (Wildman–Crippen LogP) is 6.05. The first-order chi connectivity index (χ1) is 18.8. The Balaban J connectivity index is 1.56. The molecule has 0 saturated carbocycles. The molecule has 39 heavy (non-hydrogen) atoms. The number of hydrogen-bond donors (Lipinski definition) is 3. The van der Waals surface area contributed by atoms with Crippen LogP contribution in [0.25, 0.3) is 10.9 Å². The van der Waals surface area contributed by atoms with Crippen molar-refractivity contribution in [1.29, 1.82) is 0 Å². The van der Waals surface area contributed by atoms with E-state index in [0.717, 1.165) is 17.8 Å². The number of nitrogens with one attached hydrogen (secondary N) is 2. The van der Waals surface area contributed by atoms with Gasteiger partial charge in [0.25, 0.3) is 0 Å². The van der Waals surface area contributed by atoms with E-state index in [1.807, 2.05) is 86.9 Å². The van der Waals surface area contributed by atoms with E-state index in [9.17, 15) is 13.5 Å². The fourth-order valence-electron chi connectivity index (χ4n) is 4.52. The van der Waals surface area contributed by atoms with E-state index >= 15 is 0 Å². The molecule has 3 N–H and O–H groups in total. The number of aliphatic imine (C=N–C) groups is 1. The van der Waals surface area contributed by atoms with Crippen LogP contribution in [0.3, 0.4) is 0 Å². The molecule has 0 atom stereocenters. The van der Waals surface area contributed by atoms with Crippen molar-refractivity contribution in [2.45, 2.75) is 12.3 Å². The maximum atomic E-state index is 12.9. The molecule has 0 unspecified atom stereocenters. The van der Waals surface area contributed by atoms with Crippen molar-refractivity contribution in [1.82, 2.24) is 9.88 Å². The number of anilines is 1. The molecule has 0 aliphatic rings. The largest absolute Gasteiger partial charge is 0.494 e. The summed E-state index contributed by atoms with van der Waals surface area (Å²) in [6.07, 6.45) is 0. The van der Waals surface area contributed by atoms with Gasteiger partial charge in [0.05, 0.1) is 22.7 Å². The quantitative estimate of drug-likeness (QED) is 0.199. The Bertz CT molecular complexity index is 1710. The fraction of sp³-hybridized carbons (Fsp3) is 0.129. The minimum Gasteiger partial charge on any atom is -0.494 e. The first-order valence-electron chi connectivity index (χ1n) is 12.5. The summed E-state index contributed by atoms with van der Waals surface area (Å²) >= 11 is 0. The van der Waals surface area contributed by atoms with E-state index in [1.165, 1.54) is 5.56 Å². The van der Waals surface area contributed by atoms with Crippen LogP contribution in [0.5, 0.6) is 5.88 Å². The molecule has 0 amide bonds. The van der Waals surface area contributed by atoms with Gasteiger partial charge in [-0.25, -0.2) is 13.4 Å². The van der Waals surface area contributed by atoms with Crippen LogP contribution in [-0.2, 0) is 22.3 Å². The van der Waals surface area contributed by atoms with Crippen LogP contribution in [0.15, 0.2) is 108 Å². The monoisotopic (exact) mass is 538 g/mol. The smallest absolute Gasteiger partial charge is 0.236 e.